The van der Waals surface area contributed by atoms with Crippen LogP contribution in [0.2, 0.25) is 0 Å². The van der Waals surface area contributed by atoms with Crippen molar-refractivity contribution in [1.29, 1.82) is 0 Å². The van der Waals surface area contributed by atoms with Gasteiger partial charge in [0.2, 0.25) is 0 Å². The van der Waals surface area contributed by atoms with Gasteiger partial charge in [-0.15, -0.1) is 0 Å². The number of phenols is 3. The molecule has 1 rings (SSSR count). The highest BCUT2D eigenvalue weighted by Crippen LogP contribution is 2.40. The van der Waals surface area contributed by atoms with Gasteiger partial charge in [0.05, 0.1) is 5.41 Å². The normalized spacial score (nSPS) is 12.0. The minimum Gasteiger partial charge on any atom is -0.507 e. The van der Waals surface area contributed by atoms with Crippen molar-refractivity contribution in [3.63, 3.8) is 0 Å². The molecular weight excluding hydrogens is 400 g/mol. The maximum absolute atomic E-state index is 11.1. The molecule has 0 atom stereocenters. The van der Waals surface area contributed by atoms with Crippen molar-refractivity contribution in [2.75, 3.05) is 0 Å². The lowest BCUT2D eigenvalue weighted by molar-refractivity contribution is -0.147. The van der Waals surface area contributed by atoms with Crippen LogP contribution in [0.5, 0.6) is 17.2 Å². The Bertz CT molecular complexity index is 738. The van der Waals surface area contributed by atoms with Gasteiger partial charge in [0, 0.05) is 5.56 Å². The summed E-state index contributed by atoms with van der Waals surface area (Å²) in [6, 6.07) is 1.40. The number of aryl methyl sites for hydroxylation is 1. The van der Waals surface area contributed by atoms with Crippen LogP contribution in [0.25, 0.3) is 0 Å². The molecule has 0 unspecified atom stereocenters. The number of carboxylic acid groups (broad SMARTS) is 1. The number of carboxylic acids is 1. The van der Waals surface area contributed by atoms with E-state index in [4.69, 9.17) is 9.84 Å². The number of aliphatic carboxylic acids is 1. The number of hydrogen-bond donors (Lipinski definition) is 4. The summed E-state index contributed by atoms with van der Waals surface area (Å²) in [7, 11) is 0. The van der Waals surface area contributed by atoms with E-state index in [0.717, 1.165) is 38.5 Å². The second-order valence-electron chi connectivity index (χ2n) is 9.51. The predicted molar refractivity (Wildman–Crippen MR) is 118 cm³/mol. The molecule has 176 valence electrons. The van der Waals surface area contributed by atoms with E-state index in [2.05, 4.69) is 0 Å². The number of phenolic OH excluding ortho intramolecular Hbond substituents is 3. The van der Waals surface area contributed by atoms with Crippen molar-refractivity contribution in [1.82, 2.24) is 0 Å². The van der Waals surface area contributed by atoms with Crippen molar-refractivity contribution in [2.24, 2.45) is 5.41 Å². The maximum atomic E-state index is 11.1. The Hall–Kier alpha value is -2.44. The zero-order chi connectivity index (χ0) is 23.7. The Balaban J connectivity index is 2.57. The zero-order valence-electron chi connectivity index (χ0n) is 19.2. The van der Waals surface area contributed by atoms with E-state index in [1.54, 1.807) is 13.8 Å². The van der Waals surface area contributed by atoms with Crippen LogP contribution >= 0.6 is 0 Å². The number of benzene rings is 1. The number of ether oxygens (including phenoxy) is 1. The molecule has 0 aliphatic heterocycles. The van der Waals surface area contributed by atoms with E-state index in [1.807, 2.05) is 13.8 Å². The Morgan fingerprint density at radius 3 is 2.10 bits per heavy atom. The van der Waals surface area contributed by atoms with Crippen LogP contribution in [-0.4, -0.2) is 38.5 Å². The minimum absolute atomic E-state index is 0.0192. The fraction of sp³-hybridized carbons (Fsp3) is 0.667. The van der Waals surface area contributed by atoms with Crippen molar-refractivity contribution in [2.45, 2.75) is 97.5 Å². The molecule has 0 aromatic heterocycles. The van der Waals surface area contributed by atoms with Gasteiger partial charge < -0.3 is 25.2 Å². The van der Waals surface area contributed by atoms with Gasteiger partial charge in [-0.05, 0) is 84.3 Å². The summed E-state index contributed by atoms with van der Waals surface area (Å²) < 4.78 is 5.03. The van der Waals surface area contributed by atoms with E-state index < -0.39 is 17.0 Å². The molecule has 7 heteroatoms. The number of hydrogen-bond acceptors (Lipinski definition) is 6. The topological polar surface area (TPSA) is 124 Å². The van der Waals surface area contributed by atoms with Crippen LogP contribution in [-0.2, 0) is 27.2 Å². The summed E-state index contributed by atoms with van der Waals surface area (Å²) in [6.45, 7) is 7.56. The number of rotatable bonds is 15. The number of unbranched alkanes of at least 4 members (excludes halogenated alkanes) is 4. The highest BCUT2D eigenvalue weighted by molar-refractivity contribution is 5.73. The lowest BCUT2D eigenvalue weighted by Crippen LogP contribution is -2.23. The monoisotopic (exact) mass is 438 g/mol. The van der Waals surface area contributed by atoms with Crippen LogP contribution < -0.4 is 0 Å². The minimum atomic E-state index is -0.797. The van der Waals surface area contributed by atoms with Crippen molar-refractivity contribution in [3.8, 4) is 17.2 Å². The van der Waals surface area contributed by atoms with Gasteiger partial charge in [-0.2, -0.15) is 0 Å². The largest absolute Gasteiger partial charge is 0.507 e. The molecule has 0 radical (unpaired) electrons. The molecular formula is C24H38O7. The summed E-state index contributed by atoms with van der Waals surface area (Å²) in [6.07, 6.45) is 6.99. The molecule has 0 saturated carbocycles. The second kappa shape index (κ2) is 11.8. The number of carbonyl (C=O) groups excluding carboxylic acids is 1. The lowest BCUT2D eigenvalue weighted by Gasteiger charge is -2.22. The average molecular weight is 439 g/mol. The molecule has 0 aliphatic carbocycles. The molecule has 0 saturated heterocycles. The third-order valence-corrected chi connectivity index (χ3v) is 5.83. The van der Waals surface area contributed by atoms with Crippen LogP contribution in [0.15, 0.2) is 6.07 Å². The quantitative estimate of drug-likeness (QED) is 0.130. The predicted octanol–water partition coefficient (Wildman–Crippen LogP) is 5.07. The van der Waals surface area contributed by atoms with Gasteiger partial charge in [0.15, 0.2) is 11.5 Å². The first-order valence-electron chi connectivity index (χ1n) is 11.0. The molecule has 0 bridgehead atoms. The molecule has 7 nitrogen and oxygen atoms in total. The molecule has 1 aromatic carbocycles. The van der Waals surface area contributed by atoms with E-state index in [-0.39, 0.29) is 17.2 Å². The smallest absolute Gasteiger partial charge is 0.309 e. The van der Waals surface area contributed by atoms with Crippen LogP contribution in [0.1, 0.15) is 90.2 Å². The van der Waals surface area contributed by atoms with Gasteiger partial charge in [-0.25, -0.2) is 0 Å². The van der Waals surface area contributed by atoms with Crippen LogP contribution in [0.3, 0.4) is 0 Å². The summed E-state index contributed by atoms with van der Waals surface area (Å²) in [4.78, 5) is 21.6. The van der Waals surface area contributed by atoms with Gasteiger partial charge in [0.25, 0.3) is 6.47 Å². The Morgan fingerprint density at radius 2 is 1.48 bits per heavy atom. The highest BCUT2D eigenvalue weighted by atomic mass is 16.5. The first-order chi connectivity index (χ1) is 14.4. The Labute approximate surface area is 185 Å². The summed E-state index contributed by atoms with van der Waals surface area (Å²) in [5.74, 6) is -1.30. The highest BCUT2D eigenvalue weighted by Gasteiger charge is 2.26. The van der Waals surface area contributed by atoms with Gasteiger partial charge in [-0.1, -0.05) is 19.3 Å². The Kier molecular flexibility index (Phi) is 10.1. The molecule has 0 heterocycles. The first kappa shape index (κ1) is 26.6. The number of aromatic hydroxyl groups is 3. The molecule has 0 amide bonds. The van der Waals surface area contributed by atoms with Crippen LogP contribution in [0, 0.1) is 5.41 Å². The maximum Gasteiger partial charge on any atom is 0.309 e. The van der Waals surface area contributed by atoms with Crippen LogP contribution in [0.4, 0.5) is 0 Å². The Morgan fingerprint density at radius 1 is 0.903 bits per heavy atom. The third kappa shape index (κ3) is 8.67. The standard InChI is InChI=1S/C24H38O7/c1-23(2,22(29)30)13-9-6-5-7-12-18-20(27)17(15-19(26)21(18)28)11-8-10-14-24(3,4)31-16-25/h15-16,26-28H,5-14H2,1-4H3,(H,29,30). The fourth-order valence-electron chi connectivity index (χ4n) is 3.57. The molecule has 4 N–H and O–H groups in total. The summed E-state index contributed by atoms with van der Waals surface area (Å²) >= 11 is 0. The summed E-state index contributed by atoms with van der Waals surface area (Å²) in [5.41, 5.74) is -0.329. The zero-order valence-corrected chi connectivity index (χ0v) is 19.2. The first-order valence-corrected chi connectivity index (χ1v) is 11.0. The molecule has 31 heavy (non-hydrogen) atoms. The van der Waals surface area contributed by atoms with E-state index in [0.29, 0.717) is 43.3 Å². The third-order valence-electron chi connectivity index (χ3n) is 5.83. The second-order valence-corrected chi connectivity index (χ2v) is 9.51. The van der Waals surface area contributed by atoms with E-state index in [9.17, 15) is 24.9 Å². The SMILES string of the molecule is CC(C)(CCCCc1cc(O)c(O)c(CCCCCCC(C)(C)C(=O)O)c1O)OC=O. The molecule has 0 aliphatic rings. The summed E-state index contributed by atoms with van der Waals surface area (Å²) in [5, 5.41) is 40.0. The van der Waals surface area contributed by atoms with Crippen molar-refractivity contribution >= 4 is 12.4 Å². The van der Waals surface area contributed by atoms with Crippen molar-refractivity contribution < 1.29 is 34.8 Å². The van der Waals surface area contributed by atoms with Gasteiger partial charge >= 0.3 is 5.97 Å². The van der Waals surface area contributed by atoms with Crippen molar-refractivity contribution in [3.05, 3.63) is 17.2 Å². The molecule has 0 fully saturated rings. The van der Waals surface area contributed by atoms with Gasteiger partial charge in [0.1, 0.15) is 11.4 Å². The van der Waals surface area contributed by atoms with E-state index >= 15 is 0 Å². The van der Waals surface area contributed by atoms with E-state index in [1.165, 1.54) is 6.07 Å². The average Bonchev–Trinajstić information content (AvgIpc) is 2.67. The molecule has 1 aromatic rings. The molecule has 0 spiro atoms. The fourth-order valence-corrected chi connectivity index (χ4v) is 3.57. The number of carbonyl (C=O) groups is 2. The van der Waals surface area contributed by atoms with Gasteiger partial charge in [-0.3, -0.25) is 9.59 Å². The lowest BCUT2D eigenvalue weighted by atomic mass is 9.87.